The summed E-state index contributed by atoms with van der Waals surface area (Å²) in [5, 5.41) is 3.14. The molecule has 1 saturated heterocycles. The van der Waals surface area contributed by atoms with E-state index in [2.05, 4.69) is 27.0 Å². The summed E-state index contributed by atoms with van der Waals surface area (Å²) in [5.74, 6) is -0.292. The first-order chi connectivity index (χ1) is 16.3. The Morgan fingerprint density at radius 3 is 2.56 bits per heavy atom. The molecule has 2 aromatic heterocycles. The molecule has 1 N–H and O–H groups in total. The van der Waals surface area contributed by atoms with Crippen LogP contribution in [-0.4, -0.2) is 33.7 Å². The number of carbonyl (C=O) groups is 1. The standard InChI is InChI=1S/C28H33N3O3/c1-20-17-25(32)26(27(33)30-23-13-16-34-28(2,3)18-23)24(10-9-21-7-5-4-6-8-21)31(20)19-22-11-14-29-15-12-22/h4-8,11-12,14-15,17,23H,9-10,13,16,18-19H2,1-3H3,(H,30,33)/t23-/m0/s1. The number of hydrogen-bond donors (Lipinski definition) is 1. The number of hydrogen-bond acceptors (Lipinski definition) is 4. The first-order valence-corrected chi connectivity index (χ1v) is 11.9. The van der Waals surface area contributed by atoms with Gasteiger partial charge in [-0.3, -0.25) is 14.6 Å². The highest BCUT2D eigenvalue weighted by Gasteiger charge is 2.31. The van der Waals surface area contributed by atoms with Crippen LogP contribution in [-0.2, 0) is 24.1 Å². The number of nitrogens with one attached hydrogen (secondary N) is 1. The number of nitrogens with zero attached hydrogens (tertiary/aromatic N) is 2. The number of rotatable bonds is 7. The van der Waals surface area contributed by atoms with E-state index in [-0.39, 0.29) is 28.5 Å². The minimum Gasteiger partial charge on any atom is -0.375 e. The van der Waals surface area contributed by atoms with Crippen LogP contribution >= 0.6 is 0 Å². The lowest BCUT2D eigenvalue weighted by molar-refractivity contribution is -0.0615. The second-order valence-corrected chi connectivity index (χ2v) is 9.67. The van der Waals surface area contributed by atoms with Gasteiger partial charge in [0.15, 0.2) is 5.43 Å². The molecule has 6 heteroatoms. The molecule has 34 heavy (non-hydrogen) atoms. The maximum atomic E-state index is 13.5. The van der Waals surface area contributed by atoms with Crippen LogP contribution in [0.15, 0.2) is 65.7 Å². The number of aryl methyl sites for hydroxylation is 2. The predicted molar refractivity (Wildman–Crippen MR) is 133 cm³/mol. The SMILES string of the molecule is Cc1cc(=O)c(C(=O)N[C@H]2CCOC(C)(C)C2)c(CCc2ccccc2)n1Cc1ccncc1. The van der Waals surface area contributed by atoms with Crippen LogP contribution in [0.2, 0.25) is 0 Å². The molecule has 1 amide bonds. The van der Waals surface area contributed by atoms with Crippen molar-refractivity contribution in [2.24, 2.45) is 0 Å². The number of carbonyl (C=O) groups excluding carboxylic acids is 1. The Hall–Kier alpha value is -3.25. The monoisotopic (exact) mass is 459 g/mol. The molecule has 0 aliphatic carbocycles. The van der Waals surface area contributed by atoms with E-state index in [1.165, 1.54) is 5.56 Å². The van der Waals surface area contributed by atoms with Gasteiger partial charge >= 0.3 is 0 Å². The van der Waals surface area contributed by atoms with E-state index in [1.807, 2.05) is 51.1 Å². The van der Waals surface area contributed by atoms with Crippen LogP contribution in [0.4, 0.5) is 0 Å². The van der Waals surface area contributed by atoms with Gasteiger partial charge in [-0.25, -0.2) is 0 Å². The highest BCUT2D eigenvalue weighted by molar-refractivity contribution is 5.95. The van der Waals surface area contributed by atoms with Crippen LogP contribution in [0.1, 0.15) is 59.6 Å². The van der Waals surface area contributed by atoms with Crippen molar-refractivity contribution in [2.45, 2.75) is 64.6 Å². The number of amides is 1. The lowest BCUT2D eigenvalue weighted by Gasteiger charge is -2.36. The molecule has 3 heterocycles. The highest BCUT2D eigenvalue weighted by Crippen LogP contribution is 2.24. The molecule has 1 aliphatic rings. The molecule has 1 aromatic carbocycles. The number of ether oxygens (including phenoxy) is 1. The minimum atomic E-state index is -0.292. The van der Waals surface area contributed by atoms with E-state index in [1.54, 1.807) is 18.5 Å². The maximum absolute atomic E-state index is 13.5. The third kappa shape index (κ3) is 5.81. The van der Waals surface area contributed by atoms with Gasteiger partial charge < -0.3 is 14.6 Å². The summed E-state index contributed by atoms with van der Waals surface area (Å²) >= 11 is 0. The van der Waals surface area contributed by atoms with E-state index in [0.29, 0.717) is 19.6 Å². The van der Waals surface area contributed by atoms with Crippen molar-refractivity contribution < 1.29 is 9.53 Å². The van der Waals surface area contributed by atoms with E-state index in [0.717, 1.165) is 36.2 Å². The zero-order valence-corrected chi connectivity index (χ0v) is 20.2. The molecule has 0 bridgehead atoms. The van der Waals surface area contributed by atoms with Crippen molar-refractivity contribution in [3.8, 4) is 0 Å². The largest absolute Gasteiger partial charge is 0.375 e. The summed E-state index contributed by atoms with van der Waals surface area (Å²) in [4.78, 5) is 30.8. The summed E-state index contributed by atoms with van der Waals surface area (Å²) in [6.07, 6.45) is 6.31. The van der Waals surface area contributed by atoms with Crippen molar-refractivity contribution in [1.82, 2.24) is 14.9 Å². The summed E-state index contributed by atoms with van der Waals surface area (Å²) in [6.45, 7) is 7.16. The Morgan fingerprint density at radius 1 is 1.12 bits per heavy atom. The average molecular weight is 460 g/mol. The predicted octanol–water partition coefficient (Wildman–Crippen LogP) is 4.07. The van der Waals surface area contributed by atoms with E-state index in [9.17, 15) is 9.59 Å². The van der Waals surface area contributed by atoms with E-state index < -0.39 is 0 Å². The van der Waals surface area contributed by atoms with Gasteiger partial charge in [0.2, 0.25) is 0 Å². The molecular formula is C28H33N3O3. The van der Waals surface area contributed by atoms with Crippen LogP contribution in [0.3, 0.4) is 0 Å². The van der Waals surface area contributed by atoms with Crippen molar-refractivity contribution in [3.63, 3.8) is 0 Å². The Balaban J connectivity index is 1.70. The summed E-state index contributed by atoms with van der Waals surface area (Å²) in [7, 11) is 0. The zero-order chi connectivity index (χ0) is 24.1. The molecule has 1 atom stereocenters. The maximum Gasteiger partial charge on any atom is 0.257 e. The molecule has 0 saturated carbocycles. The molecule has 0 spiro atoms. The van der Waals surface area contributed by atoms with E-state index >= 15 is 0 Å². The fraction of sp³-hybridized carbons (Fsp3) is 0.393. The number of aromatic nitrogens is 2. The Labute approximate surface area is 201 Å². The van der Waals surface area contributed by atoms with E-state index in [4.69, 9.17) is 4.74 Å². The topological polar surface area (TPSA) is 73.2 Å². The zero-order valence-electron chi connectivity index (χ0n) is 20.2. The van der Waals surface area contributed by atoms with Gasteiger partial charge in [0, 0.05) is 49.0 Å². The quantitative estimate of drug-likeness (QED) is 0.578. The second kappa shape index (κ2) is 10.3. The van der Waals surface area contributed by atoms with Crippen molar-refractivity contribution in [2.75, 3.05) is 6.61 Å². The van der Waals surface area contributed by atoms with Crippen LogP contribution in [0, 0.1) is 6.92 Å². The van der Waals surface area contributed by atoms with Crippen molar-refractivity contribution in [3.05, 3.63) is 99.2 Å². The average Bonchev–Trinajstić information content (AvgIpc) is 2.80. The summed E-state index contributed by atoms with van der Waals surface area (Å²) < 4.78 is 7.90. The first kappa shape index (κ1) is 23.9. The summed E-state index contributed by atoms with van der Waals surface area (Å²) in [6, 6.07) is 15.6. The fourth-order valence-corrected chi connectivity index (χ4v) is 4.74. The molecule has 1 aliphatic heterocycles. The smallest absolute Gasteiger partial charge is 0.257 e. The van der Waals surface area contributed by atoms with Crippen molar-refractivity contribution >= 4 is 5.91 Å². The molecular weight excluding hydrogens is 426 g/mol. The minimum absolute atomic E-state index is 0.0208. The number of pyridine rings is 2. The third-order valence-electron chi connectivity index (χ3n) is 6.47. The van der Waals surface area contributed by atoms with Gasteiger partial charge in [-0.2, -0.15) is 0 Å². The van der Waals surface area contributed by atoms with Crippen LogP contribution in [0.25, 0.3) is 0 Å². The van der Waals surface area contributed by atoms with Gasteiger partial charge in [-0.05, 0) is 69.7 Å². The molecule has 1 fully saturated rings. The highest BCUT2D eigenvalue weighted by atomic mass is 16.5. The second-order valence-electron chi connectivity index (χ2n) is 9.67. The van der Waals surface area contributed by atoms with Gasteiger partial charge in [-0.1, -0.05) is 30.3 Å². The third-order valence-corrected chi connectivity index (χ3v) is 6.47. The van der Waals surface area contributed by atoms with Gasteiger partial charge in [0.25, 0.3) is 5.91 Å². The van der Waals surface area contributed by atoms with Gasteiger partial charge in [0.1, 0.15) is 5.56 Å². The summed E-state index contributed by atoms with van der Waals surface area (Å²) in [5.41, 5.74) is 3.59. The molecule has 0 unspecified atom stereocenters. The lowest BCUT2D eigenvalue weighted by Crippen LogP contribution is -2.47. The molecule has 0 radical (unpaired) electrons. The lowest BCUT2D eigenvalue weighted by atomic mass is 9.93. The Bertz CT molecular complexity index is 1190. The number of benzene rings is 1. The Kier molecular flexibility index (Phi) is 7.27. The molecule has 178 valence electrons. The Morgan fingerprint density at radius 2 is 1.85 bits per heavy atom. The van der Waals surface area contributed by atoms with Crippen LogP contribution in [0.5, 0.6) is 0 Å². The molecule has 6 nitrogen and oxygen atoms in total. The fourth-order valence-electron chi connectivity index (χ4n) is 4.74. The molecule has 4 rings (SSSR count). The van der Waals surface area contributed by atoms with Gasteiger partial charge in [0.05, 0.1) is 5.60 Å². The first-order valence-electron chi connectivity index (χ1n) is 11.9. The normalized spacial score (nSPS) is 17.3. The van der Waals surface area contributed by atoms with Crippen LogP contribution < -0.4 is 10.7 Å². The van der Waals surface area contributed by atoms with Gasteiger partial charge in [-0.15, -0.1) is 0 Å². The van der Waals surface area contributed by atoms with Crippen molar-refractivity contribution in [1.29, 1.82) is 0 Å². The molecule has 3 aromatic rings.